The number of fused-ring (bicyclic) bond motifs is 1. The minimum absolute atomic E-state index is 0. The number of hydrogen-bond donors (Lipinski definition) is 0. The number of benzene rings is 3. The first-order valence-electron chi connectivity index (χ1n) is 9.16. The van der Waals surface area contributed by atoms with Crippen LogP contribution < -0.4 is 53.6 Å². The number of rotatable bonds is 3. The van der Waals surface area contributed by atoms with Gasteiger partial charge in [-0.05, 0) is 10.9 Å². The molecule has 0 aliphatic carbocycles. The van der Waals surface area contributed by atoms with Crippen molar-refractivity contribution >= 4 is 33.9 Å². The third-order valence-electron chi connectivity index (χ3n) is 5.40. The molecule has 4 aromatic rings. The van der Waals surface area contributed by atoms with E-state index in [0.29, 0.717) is 5.39 Å². The van der Waals surface area contributed by atoms with Crippen molar-refractivity contribution in [1.82, 2.24) is 0 Å². The molecule has 0 aliphatic heterocycles. The Morgan fingerprint density at radius 2 is 0.865 bits per heavy atom. The van der Waals surface area contributed by atoms with Gasteiger partial charge in [0.1, 0.15) is 0 Å². The van der Waals surface area contributed by atoms with E-state index in [-0.39, 0.29) is 74.4 Å². The van der Waals surface area contributed by atoms with Crippen molar-refractivity contribution in [3.8, 4) is 0 Å². The van der Waals surface area contributed by atoms with Crippen molar-refractivity contribution in [1.29, 1.82) is 0 Å². The van der Waals surface area contributed by atoms with Crippen molar-refractivity contribution in [2.45, 2.75) is 6.92 Å². The van der Waals surface area contributed by atoms with E-state index < -0.39 is 81.3 Å². The van der Waals surface area contributed by atoms with Crippen LogP contribution in [-0.2, 0) is 26.2 Å². The van der Waals surface area contributed by atoms with Gasteiger partial charge >= 0.3 is 26.2 Å². The monoisotopic (exact) mass is 668 g/mol. The molecular formula is C22H8BCl3F10Zr. The summed E-state index contributed by atoms with van der Waals surface area (Å²) in [7, 11) is 0. The van der Waals surface area contributed by atoms with Crippen molar-refractivity contribution in [2.75, 3.05) is 0 Å². The minimum Gasteiger partial charge on any atom is -1.00 e. The summed E-state index contributed by atoms with van der Waals surface area (Å²) in [5, 5.41) is 0.385. The standard InChI is InChI=1S/C22H8BF10.3ClH.Zr/c1-7-6-8-4-2-3-5-9(8)10(7)23(11-13(24)17(28)21(32)18(29)14(11)25)12-15(26)19(30)22(33)20(31)16(12)27;;;;/h2-6H,1H3;3*1H;/q-1;;;;+4/p-3. The first-order chi connectivity index (χ1) is 15.5. The molecule has 194 valence electrons. The van der Waals surface area contributed by atoms with Crippen molar-refractivity contribution in [3.63, 3.8) is 0 Å². The first-order valence-corrected chi connectivity index (χ1v) is 9.16. The molecule has 4 aromatic carbocycles. The van der Waals surface area contributed by atoms with Crippen LogP contribution in [0.5, 0.6) is 0 Å². The Labute approximate surface area is 241 Å². The first kappa shape index (κ1) is 35.4. The molecule has 37 heavy (non-hydrogen) atoms. The van der Waals surface area contributed by atoms with E-state index in [1.165, 1.54) is 37.3 Å². The fourth-order valence-corrected chi connectivity index (χ4v) is 3.96. The normalized spacial score (nSPS) is 10.2. The molecule has 0 aromatic heterocycles. The molecule has 0 nitrogen and oxygen atoms in total. The molecule has 0 radical (unpaired) electrons. The van der Waals surface area contributed by atoms with Crippen LogP contribution in [0.3, 0.4) is 0 Å². The Morgan fingerprint density at radius 3 is 1.24 bits per heavy atom. The Balaban J connectivity index is 0.00000324. The summed E-state index contributed by atoms with van der Waals surface area (Å²) >= 11 is 0. The number of aryl methyl sites for hydroxylation is 1. The molecule has 0 saturated heterocycles. The van der Waals surface area contributed by atoms with Gasteiger partial charge in [0.05, 0.1) is 0 Å². The smallest absolute Gasteiger partial charge is 1.00 e. The largest absolute Gasteiger partial charge is 4.00 e. The van der Waals surface area contributed by atoms with Gasteiger partial charge in [-0.3, -0.25) is 0 Å². The molecule has 0 fully saturated rings. The zero-order valence-electron chi connectivity index (χ0n) is 17.9. The second kappa shape index (κ2) is 13.0. The molecule has 0 amide bonds. The second-order valence-corrected chi connectivity index (χ2v) is 7.23. The molecule has 0 saturated carbocycles. The molecule has 0 spiro atoms. The molecule has 0 aliphatic rings. The SMILES string of the molecule is Cc1cc2ccccc2[c-]1B(c1c(F)c(F)c(F)c(F)c1F)c1c(F)c(F)c(F)c(F)c1F.[Cl-].[Cl-].[Cl-].[Zr+4]. The van der Waals surface area contributed by atoms with Gasteiger partial charge in [0.15, 0.2) is 58.2 Å². The van der Waals surface area contributed by atoms with E-state index in [4.69, 9.17) is 0 Å². The van der Waals surface area contributed by atoms with E-state index in [2.05, 4.69) is 0 Å². The predicted molar refractivity (Wildman–Crippen MR) is 101 cm³/mol. The summed E-state index contributed by atoms with van der Waals surface area (Å²) in [6.45, 7) is -1.28. The van der Waals surface area contributed by atoms with Crippen LogP contribution in [0.2, 0.25) is 0 Å². The van der Waals surface area contributed by atoms with Gasteiger partial charge in [0, 0.05) is 0 Å². The van der Waals surface area contributed by atoms with E-state index in [0.717, 1.165) is 0 Å². The molecule has 15 heteroatoms. The second-order valence-electron chi connectivity index (χ2n) is 7.23. The maximum absolute atomic E-state index is 14.8. The van der Waals surface area contributed by atoms with Gasteiger partial charge in [0.2, 0.25) is 6.71 Å². The third-order valence-corrected chi connectivity index (χ3v) is 5.40. The van der Waals surface area contributed by atoms with Crippen LogP contribution in [-0.4, -0.2) is 6.71 Å². The predicted octanol–water partition coefficient (Wildman–Crippen LogP) is -4.22. The molecule has 4 rings (SSSR count). The fourth-order valence-electron chi connectivity index (χ4n) is 3.96. The Hall–Kier alpha value is -1.61. The average molecular weight is 671 g/mol. The molecule has 0 unspecified atom stereocenters. The van der Waals surface area contributed by atoms with Gasteiger partial charge < -0.3 is 37.2 Å². The van der Waals surface area contributed by atoms with E-state index in [1.807, 2.05) is 0 Å². The zero-order chi connectivity index (χ0) is 24.4. The third kappa shape index (κ3) is 5.45. The topological polar surface area (TPSA) is 0 Å². The van der Waals surface area contributed by atoms with Crippen molar-refractivity contribution in [2.24, 2.45) is 0 Å². The van der Waals surface area contributed by atoms with Crippen LogP contribution in [0.15, 0.2) is 30.3 Å². The maximum Gasteiger partial charge on any atom is 4.00 e. The van der Waals surface area contributed by atoms with Crippen molar-refractivity contribution < 1.29 is 107 Å². The Bertz CT molecular complexity index is 1330. The van der Waals surface area contributed by atoms with E-state index in [1.54, 1.807) is 0 Å². The maximum atomic E-state index is 14.8. The minimum atomic E-state index is -2.57. The summed E-state index contributed by atoms with van der Waals surface area (Å²) in [5.41, 5.74) is -3.85. The average Bonchev–Trinajstić information content (AvgIpc) is 3.13. The van der Waals surface area contributed by atoms with Crippen LogP contribution in [0, 0.1) is 65.1 Å². The van der Waals surface area contributed by atoms with E-state index in [9.17, 15) is 43.9 Å². The number of halogens is 13. The van der Waals surface area contributed by atoms with E-state index >= 15 is 0 Å². The molecule has 0 bridgehead atoms. The zero-order valence-corrected chi connectivity index (χ0v) is 22.6. The summed E-state index contributed by atoms with van der Waals surface area (Å²) in [5.74, 6) is -24.7. The fraction of sp³-hybridized carbons (Fsp3) is 0.0455. The van der Waals surface area contributed by atoms with Crippen LogP contribution in [0.1, 0.15) is 5.56 Å². The Kier molecular flexibility index (Phi) is 12.4. The molecular weight excluding hydrogens is 663 g/mol. The van der Waals surface area contributed by atoms with Crippen LogP contribution in [0.4, 0.5) is 43.9 Å². The Morgan fingerprint density at radius 1 is 0.541 bits per heavy atom. The van der Waals surface area contributed by atoms with Gasteiger partial charge in [-0.15, -0.1) is 34.6 Å². The van der Waals surface area contributed by atoms with Gasteiger partial charge in [0.25, 0.3) is 0 Å². The summed E-state index contributed by atoms with van der Waals surface area (Å²) < 4.78 is 142. The molecule has 0 heterocycles. The summed E-state index contributed by atoms with van der Waals surface area (Å²) in [4.78, 5) is 0. The summed E-state index contributed by atoms with van der Waals surface area (Å²) in [6.07, 6.45) is 0. The van der Waals surface area contributed by atoms with Gasteiger partial charge in [-0.1, -0.05) is 13.0 Å². The summed E-state index contributed by atoms with van der Waals surface area (Å²) in [6, 6.07) is 7.08. The van der Waals surface area contributed by atoms with Crippen molar-refractivity contribution in [3.05, 3.63) is 94.1 Å². The molecule has 0 N–H and O–H groups in total. The quantitative estimate of drug-likeness (QED) is 0.0683. The van der Waals surface area contributed by atoms with Gasteiger partial charge in [-0.25, -0.2) is 43.9 Å². The molecule has 0 atom stereocenters. The van der Waals surface area contributed by atoms with Crippen LogP contribution in [0.25, 0.3) is 10.8 Å². The number of hydrogen-bond acceptors (Lipinski definition) is 0. The van der Waals surface area contributed by atoms with Gasteiger partial charge in [-0.2, -0.15) is 11.5 Å². The van der Waals surface area contributed by atoms with Crippen LogP contribution >= 0.6 is 0 Å².